The average molecular weight is 285 g/mol. The van der Waals surface area contributed by atoms with E-state index in [1.807, 2.05) is 23.6 Å². The molecule has 0 aliphatic carbocycles. The zero-order valence-corrected chi connectivity index (χ0v) is 11.7. The predicted molar refractivity (Wildman–Crippen MR) is 82.7 cm³/mol. The summed E-state index contributed by atoms with van der Waals surface area (Å²) in [6, 6.07) is 10.0. The van der Waals surface area contributed by atoms with Gasteiger partial charge in [0.15, 0.2) is 0 Å². The fourth-order valence-electron chi connectivity index (χ4n) is 2.32. The number of benzene rings is 1. The predicted octanol–water partition coefficient (Wildman–Crippen LogP) is 2.87. The van der Waals surface area contributed by atoms with E-state index < -0.39 is 0 Å². The van der Waals surface area contributed by atoms with Crippen LogP contribution >= 0.6 is 11.5 Å². The number of nitrogens with two attached hydrogens (primary N) is 1. The topological polar surface area (TPSA) is 72.0 Å². The van der Waals surface area contributed by atoms with Crippen LogP contribution in [-0.2, 0) is 6.42 Å². The van der Waals surface area contributed by atoms with Crippen LogP contribution in [0.3, 0.4) is 0 Å². The molecule has 0 unspecified atom stereocenters. The quantitative estimate of drug-likeness (QED) is 0.773. The van der Waals surface area contributed by atoms with Crippen molar-refractivity contribution in [1.82, 2.24) is 9.36 Å². The molecular formula is C15H15N3OS. The van der Waals surface area contributed by atoms with Crippen LogP contribution in [0, 0.1) is 0 Å². The minimum atomic E-state index is 0.181. The summed E-state index contributed by atoms with van der Waals surface area (Å²) in [4.78, 5) is 4.41. The first kappa shape index (κ1) is 13.0. The lowest BCUT2D eigenvalue weighted by molar-refractivity contribution is 0.289. The van der Waals surface area contributed by atoms with Crippen molar-refractivity contribution in [2.24, 2.45) is 0 Å². The average Bonchev–Trinajstić information content (AvgIpc) is 2.98. The Labute approximate surface area is 121 Å². The van der Waals surface area contributed by atoms with Gasteiger partial charge in [-0.3, -0.25) is 0 Å². The van der Waals surface area contributed by atoms with E-state index in [-0.39, 0.29) is 6.61 Å². The third-order valence-electron chi connectivity index (χ3n) is 3.25. The molecule has 2 heterocycles. The van der Waals surface area contributed by atoms with E-state index in [0.29, 0.717) is 5.82 Å². The Balaban J connectivity index is 2.10. The zero-order valence-electron chi connectivity index (χ0n) is 10.9. The summed E-state index contributed by atoms with van der Waals surface area (Å²) in [5, 5.41) is 12.0. The summed E-state index contributed by atoms with van der Waals surface area (Å²) >= 11 is 1.43. The van der Waals surface area contributed by atoms with Crippen LogP contribution in [-0.4, -0.2) is 21.1 Å². The highest BCUT2D eigenvalue weighted by Crippen LogP contribution is 2.26. The Morgan fingerprint density at radius 3 is 2.85 bits per heavy atom. The molecule has 3 rings (SSSR count). The molecule has 0 saturated carbocycles. The first-order valence-corrected chi connectivity index (χ1v) is 7.32. The van der Waals surface area contributed by atoms with Gasteiger partial charge in [0.05, 0.1) is 11.2 Å². The maximum absolute atomic E-state index is 8.98. The van der Waals surface area contributed by atoms with Crippen molar-refractivity contribution in [3.63, 3.8) is 0 Å². The standard InChI is InChI=1S/C15H15N3OS/c16-15-9-10(2-1-6-19)12-4-3-11(8-14(12)17-15)13-5-7-20-18-13/h3-5,7-9,19H,1-2,6H2,(H2,16,17). The molecule has 0 aliphatic rings. The normalized spacial score (nSPS) is 11.1. The summed E-state index contributed by atoms with van der Waals surface area (Å²) in [5.74, 6) is 0.515. The van der Waals surface area contributed by atoms with Crippen LogP contribution in [0.2, 0.25) is 0 Å². The molecule has 0 saturated heterocycles. The Hall–Kier alpha value is -1.98. The highest BCUT2D eigenvalue weighted by molar-refractivity contribution is 7.03. The number of nitrogen functional groups attached to an aromatic ring is 1. The Morgan fingerprint density at radius 1 is 1.20 bits per heavy atom. The van der Waals surface area contributed by atoms with Crippen molar-refractivity contribution < 1.29 is 5.11 Å². The van der Waals surface area contributed by atoms with Gasteiger partial charge in [-0.1, -0.05) is 12.1 Å². The van der Waals surface area contributed by atoms with Crippen LogP contribution in [0.5, 0.6) is 0 Å². The molecule has 2 aromatic heterocycles. The Bertz CT molecular complexity index is 725. The molecule has 0 aliphatic heterocycles. The van der Waals surface area contributed by atoms with Crippen molar-refractivity contribution in [2.45, 2.75) is 12.8 Å². The number of anilines is 1. The summed E-state index contributed by atoms with van der Waals surface area (Å²) in [5.41, 5.74) is 9.89. The van der Waals surface area contributed by atoms with Gasteiger partial charge in [-0.15, -0.1) is 0 Å². The molecule has 1 aromatic carbocycles. The van der Waals surface area contributed by atoms with Crippen molar-refractivity contribution in [1.29, 1.82) is 0 Å². The number of aliphatic hydroxyl groups excluding tert-OH is 1. The van der Waals surface area contributed by atoms with E-state index in [9.17, 15) is 0 Å². The number of hydrogen-bond acceptors (Lipinski definition) is 5. The number of pyridine rings is 1. The molecule has 0 fully saturated rings. The molecule has 3 N–H and O–H groups in total. The van der Waals surface area contributed by atoms with Gasteiger partial charge >= 0.3 is 0 Å². The molecule has 0 atom stereocenters. The fourth-order valence-corrected chi connectivity index (χ4v) is 2.85. The molecular weight excluding hydrogens is 270 g/mol. The number of aryl methyl sites for hydroxylation is 1. The molecule has 3 aromatic rings. The second kappa shape index (κ2) is 5.56. The monoisotopic (exact) mass is 285 g/mol. The van der Waals surface area contributed by atoms with Crippen LogP contribution < -0.4 is 5.73 Å². The van der Waals surface area contributed by atoms with Gasteiger partial charge in [-0.2, -0.15) is 4.37 Å². The largest absolute Gasteiger partial charge is 0.396 e. The van der Waals surface area contributed by atoms with Crippen LogP contribution in [0.25, 0.3) is 22.2 Å². The number of nitrogens with zero attached hydrogens (tertiary/aromatic N) is 2. The third-order valence-corrected chi connectivity index (χ3v) is 3.81. The minimum absolute atomic E-state index is 0.181. The lowest BCUT2D eigenvalue weighted by atomic mass is 10.0. The minimum Gasteiger partial charge on any atom is -0.396 e. The molecule has 4 nitrogen and oxygen atoms in total. The van der Waals surface area contributed by atoms with Crippen LogP contribution in [0.4, 0.5) is 5.82 Å². The Morgan fingerprint density at radius 2 is 2.10 bits per heavy atom. The van der Waals surface area contributed by atoms with E-state index in [1.165, 1.54) is 11.5 Å². The Kier molecular flexibility index (Phi) is 3.62. The van der Waals surface area contributed by atoms with Gasteiger partial charge in [-0.25, -0.2) is 4.98 Å². The maximum Gasteiger partial charge on any atom is 0.124 e. The molecule has 0 spiro atoms. The summed E-state index contributed by atoms with van der Waals surface area (Å²) in [7, 11) is 0. The second-order valence-electron chi connectivity index (χ2n) is 4.65. The van der Waals surface area contributed by atoms with E-state index in [1.54, 1.807) is 0 Å². The van der Waals surface area contributed by atoms with Crippen molar-refractivity contribution in [2.75, 3.05) is 12.3 Å². The lowest BCUT2D eigenvalue weighted by Crippen LogP contribution is -1.97. The van der Waals surface area contributed by atoms with Crippen molar-refractivity contribution >= 4 is 28.3 Å². The lowest BCUT2D eigenvalue weighted by Gasteiger charge is -2.08. The highest BCUT2D eigenvalue weighted by Gasteiger charge is 2.07. The fraction of sp³-hybridized carbons (Fsp3) is 0.200. The number of aliphatic hydroxyl groups is 1. The van der Waals surface area contributed by atoms with E-state index in [2.05, 4.69) is 21.5 Å². The third kappa shape index (κ3) is 2.50. The van der Waals surface area contributed by atoms with Gasteiger partial charge in [0.2, 0.25) is 0 Å². The number of aromatic nitrogens is 2. The number of rotatable bonds is 4. The SMILES string of the molecule is Nc1cc(CCCO)c2ccc(-c3ccsn3)cc2n1. The molecule has 102 valence electrons. The van der Waals surface area contributed by atoms with E-state index in [0.717, 1.165) is 40.6 Å². The first-order valence-electron chi connectivity index (χ1n) is 6.48. The van der Waals surface area contributed by atoms with Crippen molar-refractivity contribution in [3.05, 3.63) is 41.3 Å². The van der Waals surface area contributed by atoms with Gasteiger partial charge in [-0.05, 0) is 48.1 Å². The number of hydrogen-bond donors (Lipinski definition) is 2. The van der Waals surface area contributed by atoms with Crippen LogP contribution in [0.15, 0.2) is 35.7 Å². The summed E-state index contributed by atoms with van der Waals surface area (Å²) < 4.78 is 4.34. The smallest absolute Gasteiger partial charge is 0.124 e. The molecule has 0 amide bonds. The maximum atomic E-state index is 8.98. The van der Waals surface area contributed by atoms with E-state index in [4.69, 9.17) is 10.8 Å². The highest BCUT2D eigenvalue weighted by atomic mass is 32.1. The van der Waals surface area contributed by atoms with Crippen LogP contribution in [0.1, 0.15) is 12.0 Å². The zero-order chi connectivity index (χ0) is 13.9. The molecule has 0 radical (unpaired) electrons. The van der Waals surface area contributed by atoms with Gasteiger partial charge in [0.25, 0.3) is 0 Å². The van der Waals surface area contributed by atoms with E-state index >= 15 is 0 Å². The molecule has 20 heavy (non-hydrogen) atoms. The number of fused-ring (bicyclic) bond motifs is 1. The van der Waals surface area contributed by atoms with Crippen molar-refractivity contribution in [3.8, 4) is 11.3 Å². The molecule has 5 heteroatoms. The van der Waals surface area contributed by atoms with Gasteiger partial charge < -0.3 is 10.8 Å². The first-order chi connectivity index (χ1) is 9.78. The van der Waals surface area contributed by atoms with Gasteiger partial charge in [0.1, 0.15) is 5.82 Å². The summed E-state index contributed by atoms with van der Waals surface area (Å²) in [6.07, 6.45) is 1.53. The second-order valence-corrected chi connectivity index (χ2v) is 5.32. The van der Waals surface area contributed by atoms with Gasteiger partial charge in [0, 0.05) is 22.9 Å². The summed E-state index contributed by atoms with van der Waals surface area (Å²) in [6.45, 7) is 0.181. The molecule has 0 bridgehead atoms.